The van der Waals surface area contributed by atoms with Gasteiger partial charge in [0, 0.05) is 19.2 Å². The summed E-state index contributed by atoms with van der Waals surface area (Å²) < 4.78 is 3.80. The average molecular weight is 258 g/mol. The summed E-state index contributed by atoms with van der Waals surface area (Å²) in [6.07, 6.45) is 10.5. The number of aromatic nitrogens is 4. The fraction of sp³-hybridized carbons (Fsp3) is 0.571. The van der Waals surface area contributed by atoms with Gasteiger partial charge in [-0.2, -0.15) is 10.2 Å². The molecule has 2 heterocycles. The highest BCUT2D eigenvalue weighted by Gasteiger charge is 2.44. The Morgan fingerprint density at radius 1 is 1.26 bits per heavy atom. The molecular weight excluding hydrogens is 240 g/mol. The summed E-state index contributed by atoms with van der Waals surface area (Å²) in [4.78, 5) is 0. The molecule has 2 aliphatic carbocycles. The Bertz CT molecular complexity index is 611. The normalized spacial score (nSPS) is 26.4. The molecule has 5 heteroatoms. The second-order valence-corrected chi connectivity index (χ2v) is 5.86. The number of hydrogen-bond donors (Lipinski definition) is 1. The molecule has 5 nitrogen and oxygen atoms in total. The molecule has 1 N–H and O–H groups in total. The summed E-state index contributed by atoms with van der Waals surface area (Å²) in [5, 5.41) is 18.9. The number of rotatable bonds is 3. The molecular formula is C14H18N4O. The van der Waals surface area contributed by atoms with E-state index in [2.05, 4.69) is 16.4 Å². The van der Waals surface area contributed by atoms with E-state index in [4.69, 9.17) is 0 Å². The SMILES string of the molecule is Cn1cc([C@@H]2C[C@H]2c2nn(C3CCC3)cc2O)cn1. The molecule has 0 amide bonds. The first-order chi connectivity index (χ1) is 9.22. The van der Waals surface area contributed by atoms with Gasteiger partial charge in [0.15, 0.2) is 5.75 Å². The lowest BCUT2D eigenvalue weighted by molar-refractivity contribution is 0.287. The maximum absolute atomic E-state index is 10.1. The van der Waals surface area contributed by atoms with Crippen LogP contribution in [0.1, 0.15) is 54.8 Å². The molecule has 4 rings (SSSR count). The Morgan fingerprint density at radius 3 is 2.74 bits per heavy atom. The van der Waals surface area contributed by atoms with E-state index >= 15 is 0 Å². The standard InChI is InChI=1S/C14H18N4O/c1-17-7-9(6-15-17)11-5-12(11)14-13(19)8-18(16-14)10-3-2-4-10/h6-8,10-12,19H,2-5H2,1H3/t11-,12+/m0/s1. The molecule has 0 saturated heterocycles. The highest BCUT2D eigenvalue weighted by Crippen LogP contribution is 2.56. The Morgan fingerprint density at radius 2 is 2.11 bits per heavy atom. The van der Waals surface area contributed by atoms with Crippen LogP contribution in [0.3, 0.4) is 0 Å². The minimum Gasteiger partial charge on any atom is -0.504 e. The molecule has 2 aliphatic rings. The quantitative estimate of drug-likeness (QED) is 0.919. The summed E-state index contributed by atoms with van der Waals surface area (Å²) in [5.74, 6) is 1.21. The van der Waals surface area contributed by atoms with E-state index in [9.17, 15) is 5.11 Å². The first-order valence-electron chi connectivity index (χ1n) is 6.99. The van der Waals surface area contributed by atoms with E-state index in [-0.39, 0.29) is 0 Å². The van der Waals surface area contributed by atoms with Gasteiger partial charge in [-0.25, -0.2) is 0 Å². The van der Waals surface area contributed by atoms with E-state index in [0.29, 0.717) is 23.6 Å². The van der Waals surface area contributed by atoms with Gasteiger partial charge in [-0.1, -0.05) is 0 Å². The van der Waals surface area contributed by atoms with Crippen LogP contribution < -0.4 is 0 Å². The Balaban J connectivity index is 1.55. The van der Waals surface area contributed by atoms with Crippen molar-refractivity contribution in [2.24, 2.45) is 7.05 Å². The first kappa shape index (κ1) is 11.1. The third-order valence-electron chi connectivity index (χ3n) is 4.48. The molecule has 0 aromatic carbocycles. The van der Waals surface area contributed by atoms with Gasteiger partial charge in [-0.3, -0.25) is 9.36 Å². The molecule has 2 atom stereocenters. The van der Waals surface area contributed by atoms with Crippen LogP contribution in [-0.2, 0) is 7.05 Å². The minimum atomic E-state index is 0.364. The molecule has 0 unspecified atom stereocenters. The van der Waals surface area contributed by atoms with E-state index in [1.54, 1.807) is 6.20 Å². The van der Waals surface area contributed by atoms with Crippen molar-refractivity contribution in [3.8, 4) is 5.75 Å². The second-order valence-electron chi connectivity index (χ2n) is 5.86. The molecule has 0 radical (unpaired) electrons. The fourth-order valence-corrected chi connectivity index (χ4v) is 3.00. The fourth-order valence-electron chi connectivity index (χ4n) is 3.00. The van der Waals surface area contributed by atoms with E-state index in [0.717, 1.165) is 12.1 Å². The third-order valence-corrected chi connectivity index (χ3v) is 4.48. The van der Waals surface area contributed by atoms with Gasteiger partial charge in [0.2, 0.25) is 0 Å². The summed E-state index contributed by atoms with van der Waals surface area (Å²) in [7, 11) is 1.93. The highest BCUT2D eigenvalue weighted by atomic mass is 16.3. The summed E-state index contributed by atoms with van der Waals surface area (Å²) >= 11 is 0. The van der Waals surface area contributed by atoms with Gasteiger partial charge in [0.05, 0.1) is 18.4 Å². The van der Waals surface area contributed by atoms with Gasteiger partial charge in [-0.15, -0.1) is 0 Å². The third kappa shape index (κ3) is 1.76. The second kappa shape index (κ2) is 3.85. The Labute approximate surface area is 111 Å². The van der Waals surface area contributed by atoms with Crippen LogP contribution in [0, 0.1) is 0 Å². The maximum atomic E-state index is 10.1. The maximum Gasteiger partial charge on any atom is 0.157 e. The predicted octanol–water partition coefficient (Wildman–Crippen LogP) is 2.32. The number of aryl methyl sites for hydroxylation is 1. The lowest BCUT2D eigenvalue weighted by Crippen LogP contribution is -2.17. The molecule has 2 aromatic heterocycles. The van der Waals surface area contributed by atoms with Crippen LogP contribution in [0.4, 0.5) is 0 Å². The van der Waals surface area contributed by atoms with E-state index in [1.807, 2.05) is 22.6 Å². The molecule has 2 fully saturated rings. The van der Waals surface area contributed by atoms with E-state index in [1.165, 1.54) is 24.8 Å². The van der Waals surface area contributed by atoms with Crippen molar-refractivity contribution in [2.45, 2.75) is 43.6 Å². The molecule has 19 heavy (non-hydrogen) atoms. The molecule has 0 aliphatic heterocycles. The molecule has 0 bridgehead atoms. The van der Waals surface area contributed by atoms with E-state index < -0.39 is 0 Å². The van der Waals surface area contributed by atoms with Crippen molar-refractivity contribution in [3.05, 3.63) is 29.8 Å². The van der Waals surface area contributed by atoms with Gasteiger partial charge in [-0.05, 0) is 37.2 Å². The van der Waals surface area contributed by atoms with Crippen LogP contribution in [0.2, 0.25) is 0 Å². The van der Waals surface area contributed by atoms with Crippen LogP contribution in [0.15, 0.2) is 18.6 Å². The van der Waals surface area contributed by atoms with Crippen LogP contribution in [-0.4, -0.2) is 24.7 Å². The molecule has 2 aromatic rings. The van der Waals surface area contributed by atoms with Crippen molar-refractivity contribution in [2.75, 3.05) is 0 Å². The zero-order valence-corrected chi connectivity index (χ0v) is 11.0. The van der Waals surface area contributed by atoms with Crippen molar-refractivity contribution in [1.29, 1.82) is 0 Å². The summed E-state index contributed by atoms with van der Waals surface area (Å²) in [6, 6.07) is 0.509. The van der Waals surface area contributed by atoms with Gasteiger partial charge in [0.1, 0.15) is 5.69 Å². The largest absolute Gasteiger partial charge is 0.504 e. The lowest BCUT2D eigenvalue weighted by Gasteiger charge is -2.25. The molecule has 100 valence electrons. The van der Waals surface area contributed by atoms with Crippen molar-refractivity contribution < 1.29 is 5.11 Å². The Hall–Kier alpha value is -1.78. The topological polar surface area (TPSA) is 55.9 Å². The van der Waals surface area contributed by atoms with Crippen molar-refractivity contribution in [3.63, 3.8) is 0 Å². The van der Waals surface area contributed by atoms with Crippen LogP contribution in [0.5, 0.6) is 5.75 Å². The van der Waals surface area contributed by atoms with Crippen molar-refractivity contribution >= 4 is 0 Å². The summed E-state index contributed by atoms with van der Waals surface area (Å²) in [6.45, 7) is 0. The molecule has 2 saturated carbocycles. The first-order valence-corrected chi connectivity index (χ1v) is 6.99. The van der Waals surface area contributed by atoms with Crippen LogP contribution in [0.25, 0.3) is 0 Å². The lowest BCUT2D eigenvalue weighted by atomic mass is 9.93. The number of aromatic hydroxyl groups is 1. The predicted molar refractivity (Wildman–Crippen MR) is 70.1 cm³/mol. The number of nitrogens with zero attached hydrogens (tertiary/aromatic N) is 4. The number of hydrogen-bond acceptors (Lipinski definition) is 3. The molecule has 0 spiro atoms. The minimum absolute atomic E-state index is 0.364. The zero-order chi connectivity index (χ0) is 13.0. The van der Waals surface area contributed by atoms with Crippen LogP contribution >= 0.6 is 0 Å². The van der Waals surface area contributed by atoms with Gasteiger partial charge >= 0.3 is 0 Å². The van der Waals surface area contributed by atoms with Gasteiger partial charge < -0.3 is 5.11 Å². The summed E-state index contributed by atoms with van der Waals surface area (Å²) in [5.41, 5.74) is 2.13. The van der Waals surface area contributed by atoms with Gasteiger partial charge in [0.25, 0.3) is 0 Å². The zero-order valence-electron chi connectivity index (χ0n) is 11.0. The monoisotopic (exact) mass is 258 g/mol. The van der Waals surface area contributed by atoms with Crippen molar-refractivity contribution in [1.82, 2.24) is 19.6 Å². The average Bonchev–Trinajstić information content (AvgIpc) is 2.84. The Kier molecular flexibility index (Phi) is 2.25. The smallest absolute Gasteiger partial charge is 0.157 e. The highest BCUT2D eigenvalue weighted by molar-refractivity contribution is 5.37.